The van der Waals surface area contributed by atoms with E-state index in [0.29, 0.717) is 28.8 Å². The van der Waals surface area contributed by atoms with E-state index in [1.165, 1.54) is 14.2 Å². The van der Waals surface area contributed by atoms with Gasteiger partial charge in [-0.15, -0.1) is 0 Å². The third-order valence-corrected chi connectivity index (χ3v) is 4.04. The van der Waals surface area contributed by atoms with Crippen LogP contribution in [0.5, 0.6) is 11.5 Å². The molecule has 1 aromatic heterocycles. The third kappa shape index (κ3) is 4.28. The van der Waals surface area contributed by atoms with Gasteiger partial charge in [-0.1, -0.05) is 31.5 Å². The number of hydrogen-bond acceptors (Lipinski definition) is 5. The highest BCUT2D eigenvalue weighted by Crippen LogP contribution is 2.29. The molecule has 0 aliphatic heterocycles. The number of amides is 1. The van der Waals surface area contributed by atoms with Crippen LogP contribution in [0.4, 0.5) is 5.82 Å². The molecule has 1 aromatic carbocycles. The van der Waals surface area contributed by atoms with Gasteiger partial charge in [-0.3, -0.25) is 4.79 Å². The normalized spacial score (nSPS) is 11.8. The number of ether oxygens (including phenoxy) is 2. The second kappa shape index (κ2) is 8.38. The van der Waals surface area contributed by atoms with Crippen LogP contribution < -0.4 is 14.8 Å². The minimum absolute atomic E-state index is 0.326. The molecule has 0 saturated carbocycles. The van der Waals surface area contributed by atoms with E-state index in [9.17, 15) is 4.79 Å². The number of nitrogens with zero attached hydrogens (tertiary/aromatic N) is 1. The van der Waals surface area contributed by atoms with Crippen molar-refractivity contribution in [2.45, 2.75) is 33.1 Å². The molecule has 0 fully saturated rings. The molecule has 1 heterocycles. The van der Waals surface area contributed by atoms with Crippen LogP contribution in [0.1, 0.15) is 42.8 Å². The lowest BCUT2D eigenvalue weighted by Crippen LogP contribution is -2.14. The smallest absolute Gasteiger partial charge is 0.264 e. The summed E-state index contributed by atoms with van der Waals surface area (Å²) in [6, 6.07) is 6.93. The first kappa shape index (κ1) is 17.8. The number of aryl methyl sites for hydroxylation is 1. The maximum Gasteiger partial charge on any atom is 0.264 e. The van der Waals surface area contributed by atoms with Crippen molar-refractivity contribution in [3.63, 3.8) is 0 Å². The molecule has 2 aromatic rings. The van der Waals surface area contributed by atoms with Crippen molar-refractivity contribution in [1.82, 2.24) is 5.16 Å². The number of hydrogen-bond donors (Lipinski definition) is 1. The molecule has 1 atom stereocenters. The Bertz CT molecular complexity index is 659. The molecular formula is C18H24N2O4. The summed E-state index contributed by atoms with van der Waals surface area (Å²) in [4.78, 5) is 12.5. The fraction of sp³-hybridized carbons (Fsp3) is 0.444. The predicted molar refractivity (Wildman–Crippen MR) is 91.8 cm³/mol. The van der Waals surface area contributed by atoms with Gasteiger partial charge < -0.3 is 19.3 Å². The first-order valence-corrected chi connectivity index (χ1v) is 8.07. The summed E-state index contributed by atoms with van der Waals surface area (Å²) in [5, 5.41) is 6.63. The number of aromatic nitrogens is 1. The first-order chi connectivity index (χ1) is 11.6. The zero-order valence-corrected chi connectivity index (χ0v) is 14.6. The molecular weight excluding hydrogens is 308 g/mol. The molecule has 0 radical (unpaired) electrons. The number of benzene rings is 1. The molecule has 1 N–H and O–H groups in total. The summed E-state index contributed by atoms with van der Waals surface area (Å²) in [6.07, 6.45) is 2.96. The van der Waals surface area contributed by atoms with E-state index in [0.717, 1.165) is 25.0 Å². The van der Waals surface area contributed by atoms with Crippen LogP contribution in [-0.4, -0.2) is 25.3 Å². The van der Waals surface area contributed by atoms with Crippen LogP contribution in [-0.2, 0) is 6.42 Å². The van der Waals surface area contributed by atoms with Gasteiger partial charge in [-0.25, -0.2) is 0 Å². The Morgan fingerprint density at radius 3 is 2.54 bits per heavy atom. The Morgan fingerprint density at radius 2 is 1.96 bits per heavy atom. The summed E-state index contributed by atoms with van der Waals surface area (Å²) in [5.74, 6) is 2.29. The van der Waals surface area contributed by atoms with Crippen molar-refractivity contribution in [3.8, 4) is 11.5 Å². The van der Waals surface area contributed by atoms with Crippen molar-refractivity contribution < 1.29 is 18.8 Å². The Morgan fingerprint density at radius 1 is 1.29 bits per heavy atom. The quantitative estimate of drug-likeness (QED) is 0.793. The molecule has 130 valence electrons. The second-order valence-electron chi connectivity index (χ2n) is 5.72. The number of methoxy groups -OCH3 is 2. The maximum absolute atomic E-state index is 12.5. The summed E-state index contributed by atoms with van der Waals surface area (Å²) in [5.41, 5.74) is 0.326. The van der Waals surface area contributed by atoms with Crippen molar-refractivity contribution >= 4 is 11.7 Å². The van der Waals surface area contributed by atoms with Gasteiger partial charge in [-0.2, -0.15) is 0 Å². The zero-order chi connectivity index (χ0) is 17.5. The highest BCUT2D eigenvalue weighted by atomic mass is 16.5. The topological polar surface area (TPSA) is 73.6 Å². The van der Waals surface area contributed by atoms with E-state index >= 15 is 0 Å². The van der Waals surface area contributed by atoms with Gasteiger partial charge in [0, 0.05) is 12.5 Å². The van der Waals surface area contributed by atoms with Gasteiger partial charge in [0.25, 0.3) is 5.91 Å². The lowest BCUT2D eigenvalue weighted by molar-refractivity contribution is 0.102. The van der Waals surface area contributed by atoms with Gasteiger partial charge in [0.05, 0.1) is 14.2 Å². The maximum atomic E-state index is 12.5. The van der Waals surface area contributed by atoms with Crippen LogP contribution in [0.15, 0.2) is 28.8 Å². The van der Waals surface area contributed by atoms with Crippen molar-refractivity contribution in [2.24, 2.45) is 5.92 Å². The standard InChI is InChI=1S/C18H24N2O4/c1-5-12(2)9-10-13-11-16(20-24-13)19-18(21)17-14(22-3)7-6-8-15(17)23-4/h6-8,11-12H,5,9-10H2,1-4H3,(H,19,20,21). The minimum atomic E-state index is -0.355. The molecule has 24 heavy (non-hydrogen) atoms. The molecule has 0 spiro atoms. The zero-order valence-electron chi connectivity index (χ0n) is 14.6. The minimum Gasteiger partial charge on any atom is -0.496 e. The second-order valence-corrected chi connectivity index (χ2v) is 5.72. The van der Waals surface area contributed by atoms with Crippen LogP contribution in [0.25, 0.3) is 0 Å². The lowest BCUT2D eigenvalue weighted by atomic mass is 10.0. The monoisotopic (exact) mass is 332 g/mol. The molecule has 6 nitrogen and oxygen atoms in total. The number of nitrogens with one attached hydrogen (secondary N) is 1. The SMILES string of the molecule is CCC(C)CCc1cc(NC(=O)c2c(OC)cccc2OC)no1. The molecule has 0 bridgehead atoms. The van der Waals surface area contributed by atoms with Crippen LogP contribution >= 0.6 is 0 Å². The van der Waals surface area contributed by atoms with E-state index in [1.54, 1.807) is 24.3 Å². The molecule has 6 heteroatoms. The van der Waals surface area contributed by atoms with Crippen LogP contribution in [0.2, 0.25) is 0 Å². The largest absolute Gasteiger partial charge is 0.496 e. The van der Waals surface area contributed by atoms with E-state index in [1.807, 2.05) is 0 Å². The van der Waals surface area contributed by atoms with E-state index in [4.69, 9.17) is 14.0 Å². The van der Waals surface area contributed by atoms with Crippen molar-refractivity contribution in [2.75, 3.05) is 19.5 Å². The molecule has 1 unspecified atom stereocenters. The fourth-order valence-electron chi connectivity index (χ4n) is 2.34. The Kier molecular flexibility index (Phi) is 6.23. The van der Waals surface area contributed by atoms with Crippen molar-refractivity contribution in [1.29, 1.82) is 0 Å². The molecule has 0 aliphatic rings. The van der Waals surface area contributed by atoms with Gasteiger partial charge in [0.15, 0.2) is 5.82 Å². The van der Waals surface area contributed by atoms with E-state index in [-0.39, 0.29) is 5.91 Å². The fourth-order valence-corrected chi connectivity index (χ4v) is 2.34. The predicted octanol–water partition coefficient (Wildman–Crippen LogP) is 3.92. The number of carbonyl (C=O) groups is 1. The summed E-state index contributed by atoms with van der Waals surface area (Å²) in [6.45, 7) is 4.37. The van der Waals surface area contributed by atoms with Gasteiger partial charge in [-0.05, 0) is 24.5 Å². The molecule has 0 aliphatic carbocycles. The number of carbonyl (C=O) groups excluding carboxylic acids is 1. The first-order valence-electron chi connectivity index (χ1n) is 8.07. The lowest BCUT2D eigenvalue weighted by Gasteiger charge is -2.11. The Balaban J connectivity index is 2.09. The average molecular weight is 332 g/mol. The highest BCUT2D eigenvalue weighted by molar-refractivity contribution is 6.07. The third-order valence-electron chi connectivity index (χ3n) is 4.04. The van der Waals surface area contributed by atoms with Gasteiger partial charge >= 0.3 is 0 Å². The van der Waals surface area contributed by atoms with E-state index in [2.05, 4.69) is 24.3 Å². The molecule has 1 amide bonds. The van der Waals surface area contributed by atoms with Crippen LogP contribution in [0, 0.1) is 5.92 Å². The van der Waals surface area contributed by atoms with Gasteiger partial charge in [0.2, 0.25) is 0 Å². The highest BCUT2D eigenvalue weighted by Gasteiger charge is 2.19. The Labute approximate surface area is 142 Å². The average Bonchev–Trinajstić information content (AvgIpc) is 3.05. The van der Waals surface area contributed by atoms with E-state index < -0.39 is 0 Å². The van der Waals surface area contributed by atoms with Gasteiger partial charge in [0.1, 0.15) is 22.8 Å². The van der Waals surface area contributed by atoms with Crippen LogP contribution in [0.3, 0.4) is 0 Å². The molecule has 2 rings (SSSR count). The molecule has 0 saturated heterocycles. The number of anilines is 1. The summed E-state index contributed by atoms with van der Waals surface area (Å²) in [7, 11) is 3.02. The Hall–Kier alpha value is -2.50. The summed E-state index contributed by atoms with van der Waals surface area (Å²) >= 11 is 0. The number of rotatable bonds is 8. The van der Waals surface area contributed by atoms with Crippen molar-refractivity contribution in [3.05, 3.63) is 35.6 Å². The summed E-state index contributed by atoms with van der Waals surface area (Å²) < 4.78 is 15.8.